The molecular formula is C17H9Cl4N3S. The van der Waals surface area contributed by atoms with Crippen LogP contribution in [-0.2, 0) is 5.75 Å². The molecule has 2 aromatic rings. The van der Waals surface area contributed by atoms with E-state index in [1.54, 1.807) is 36.4 Å². The third-order valence-electron chi connectivity index (χ3n) is 3.05. The van der Waals surface area contributed by atoms with Gasteiger partial charge in [-0.1, -0.05) is 52.5 Å². The first-order valence-corrected chi connectivity index (χ1v) is 9.28. The van der Waals surface area contributed by atoms with Crippen LogP contribution in [0.4, 0.5) is 5.69 Å². The minimum absolute atomic E-state index is 0.0702. The van der Waals surface area contributed by atoms with E-state index >= 15 is 0 Å². The number of nitrogens with zero attached hydrogens (tertiary/aromatic N) is 2. The van der Waals surface area contributed by atoms with Crippen LogP contribution in [0.5, 0.6) is 0 Å². The lowest BCUT2D eigenvalue weighted by molar-refractivity contribution is 1.40. The maximum absolute atomic E-state index is 9.20. The van der Waals surface area contributed by atoms with Gasteiger partial charge in [0.05, 0.1) is 10.7 Å². The molecule has 2 aromatic carbocycles. The number of anilines is 1. The SMILES string of the molecule is N#CC(C#N)=C(Nc1ccc(Cl)cc1Cl)SCc1c(Cl)cccc1Cl. The van der Waals surface area contributed by atoms with E-state index in [0.717, 1.165) is 0 Å². The van der Waals surface area contributed by atoms with Crippen LogP contribution in [0.3, 0.4) is 0 Å². The summed E-state index contributed by atoms with van der Waals surface area (Å²) in [6, 6.07) is 13.8. The molecule has 25 heavy (non-hydrogen) atoms. The van der Waals surface area contributed by atoms with E-state index in [9.17, 15) is 10.5 Å². The smallest absolute Gasteiger partial charge is 0.159 e. The zero-order valence-electron chi connectivity index (χ0n) is 12.5. The van der Waals surface area contributed by atoms with Gasteiger partial charge < -0.3 is 5.32 Å². The number of benzene rings is 2. The lowest BCUT2D eigenvalue weighted by atomic mass is 10.2. The quantitative estimate of drug-likeness (QED) is 0.525. The van der Waals surface area contributed by atoms with Gasteiger partial charge in [0, 0.05) is 20.8 Å². The summed E-state index contributed by atoms with van der Waals surface area (Å²) in [7, 11) is 0. The van der Waals surface area contributed by atoms with Gasteiger partial charge in [0.25, 0.3) is 0 Å². The van der Waals surface area contributed by atoms with E-state index in [4.69, 9.17) is 46.4 Å². The van der Waals surface area contributed by atoms with Crippen molar-refractivity contribution in [1.29, 1.82) is 10.5 Å². The van der Waals surface area contributed by atoms with Gasteiger partial charge >= 0.3 is 0 Å². The summed E-state index contributed by atoms with van der Waals surface area (Å²) in [6.07, 6.45) is 0. The number of nitriles is 2. The summed E-state index contributed by atoms with van der Waals surface area (Å²) in [5.74, 6) is 0.374. The monoisotopic (exact) mass is 427 g/mol. The van der Waals surface area contributed by atoms with Gasteiger partial charge in [0.1, 0.15) is 17.2 Å². The molecule has 0 unspecified atom stereocenters. The Balaban J connectivity index is 2.31. The van der Waals surface area contributed by atoms with Crippen molar-refractivity contribution < 1.29 is 0 Å². The Bertz CT molecular complexity index is 877. The summed E-state index contributed by atoms with van der Waals surface area (Å²) in [6.45, 7) is 0. The summed E-state index contributed by atoms with van der Waals surface area (Å²) in [4.78, 5) is 0. The lowest BCUT2D eigenvalue weighted by Gasteiger charge is -2.13. The summed E-state index contributed by atoms with van der Waals surface area (Å²) < 4.78 is 0. The number of thioether (sulfide) groups is 1. The molecule has 0 aliphatic heterocycles. The van der Waals surface area contributed by atoms with Crippen LogP contribution in [0, 0.1) is 22.7 Å². The van der Waals surface area contributed by atoms with Crippen molar-refractivity contribution in [2.75, 3.05) is 5.32 Å². The lowest BCUT2D eigenvalue weighted by Crippen LogP contribution is -2.01. The number of allylic oxidation sites excluding steroid dienone is 1. The van der Waals surface area contributed by atoms with Crippen LogP contribution >= 0.6 is 58.2 Å². The molecule has 0 aliphatic carbocycles. The van der Waals surface area contributed by atoms with Gasteiger partial charge in [-0.15, -0.1) is 11.8 Å². The molecule has 3 nitrogen and oxygen atoms in total. The Morgan fingerprint density at radius 1 is 0.960 bits per heavy atom. The van der Waals surface area contributed by atoms with Crippen molar-refractivity contribution >= 4 is 63.9 Å². The van der Waals surface area contributed by atoms with E-state index < -0.39 is 0 Å². The maximum Gasteiger partial charge on any atom is 0.159 e. The van der Waals surface area contributed by atoms with Crippen LogP contribution in [0.1, 0.15) is 5.56 Å². The van der Waals surface area contributed by atoms with E-state index in [1.165, 1.54) is 11.8 Å². The minimum Gasteiger partial charge on any atom is -0.347 e. The highest BCUT2D eigenvalue weighted by atomic mass is 35.5. The van der Waals surface area contributed by atoms with E-state index in [0.29, 0.717) is 42.1 Å². The molecular weight excluding hydrogens is 420 g/mol. The number of hydrogen-bond acceptors (Lipinski definition) is 4. The predicted octanol–water partition coefficient (Wildman–Crippen LogP) is 6.90. The van der Waals surface area contributed by atoms with Crippen molar-refractivity contribution in [3.63, 3.8) is 0 Å². The third kappa shape index (κ3) is 5.22. The summed E-state index contributed by atoms with van der Waals surface area (Å²) >= 11 is 25.6. The second-order valence-corrected chi connectivity index (χ2v) is 7.31. The first kappa shape index (κ1) is 19.8. The predicted molar refractivity (Wildman–Crippen MR) is 106 cm³/mol. The standard InChI is InChI=1S/C17H9Cl4N3S/c18-11-4-5-16(15(21)6-11)24-17(10(7-22)8-23)25-9-12-13(19)2-1-3-14(12)20/h1-6,24H,9H2. The summed E-state index contributed by atoms with van der Waals surface area (Å²) in [5, 5.41) is 23.6. The fraction of sp³-hybridized carbons (Fsp3) is 0.0588. The topological polar surface area (TPSA) is 59.6 Å². The van der Waals surface area contributed by atoms with E-state index in [1.807, 2.05) is 12.1 Å². The number of rotatable bonds is 5. The first-order chi connectivity index (χ1) is 12.0. The Morgan fingerprint density at radius 2 is 1.60 bits per heavy atom. The molecule has 0 heterocycles. The average Bonchev–Trinajstić information content (AvgIpc) is 2.57. The van der Waals surface area contributed by atoms with Crippen LogP contribution in [0.25, 0.3) is 0 Å². The molecule has 0 aliphatic rings. The van der Waals surface area contributed by atoms with Gasteiger partial charge in [-0.3, -0.25) is 0 Å². The largest absolute Gasteiger partial charge is 0.347 e. The molecule has 1 N–H and O–H groups in total. The molecule has 0 spiro atoms. The van der Waals surface area contributed by atoms with Crippen molar-refractivity contribution in [3.05, 3.63) is 72.7 Å². The number of nitrogens with one attached hydrogen (secondary N) is 1. The van der Waals surface area contributed by atoms with Gasteiger partial charge in [0.15, 0.2) is 5.57 Å². The van der Waals surface area contributed by atoms with Crippen molar-refractivity contribution in [2.45, 2.75) is 5.75 Å². The summed E-state index contributed by atoms with van der Waals surface area (Å²) in [5.41, 5.74) is 1.17. The highest BCUT2D eigenvalue weighted by Gasteiger charge is 2.13. The number of hydrogen-bond donors (Lipinski definition) is 1. The molecule has 126 valence electrons. The van der Waals surface area contributed by atoms with Crippen molar-refractivity contribution in [2.24, 2.45) is 0 Å². The first-order valence-electron chi connectivity index (χ1n) is 6.78. The van der Waals surface area contributed by atoms with Gasteiger partial charge in [0.2, 0.25) is 0 Å². The van der Waals surface area contributed by atoms with Gasteiger partial charge in [-0.25, -0.2) is 0 Å². The average molecular weight is 429 g/mol. The Kier molecular flexibility index (Phi) is 7.32. The molecule has 8 heteroatoms. The highest BCUT2D eigenvalue weighted by molar-refractivity contribution is 8.02. The zero-order valence-corrected chi connectivity index (χ0v) is 16.3. The van der Waals surface area contributed by atoms with Gasteiger partial charge in [-0.2, -0.15) is 10.5 Å². The fourth-order valence-electron chi connectivity index (χ4n) is 1.83. The maximum atomic E-state index is 9.20. The molecule has 0 bridgehead atoms. The highest BCUT2D eigenvalue weighted by Crippen LogP contribution is 2.34. The molecule has 0 atom stereocenters. The number of halogens is 4. The Morgan fingerprint density at radius 3 is 2.16 bits per heavy atom. The Hall–Kier alpha value is -1.53. The molecule has 0 fully saturated rings. The second kappa shape index (κ2) is 9.25. The molecule has 0 saturated heterocycles. The third-order valence-corrected chi connectivity index (χ3v) is 5.34. The minimum atomic E-state index is -0.0702. The van der Waals surface area contributed by atoms with Crippen molar-refractivity contribution in [1.82, 2.24) is 0 Å². The van der Waals surface area contributed by atoms with Crippen LogP contribution < -0.4 is 5.32 Å². The zero-order chi connectivity index (χ0) is 18.4. The normalized spacial score (nSPS) is 9.84. The van der Waals surface area contributed by atoms with E-state index in [2.05, 4.69) is 5.32 Å². The Labute approximate surface area is 169 Å². The molecule has 0 aromatic heterocycles. The second-order valence-electron chi connectivity index (χ2n) is 4.67. The molecule has 0 saturated carbocycles. The molecule has 0 radical (unpaired) electrons. The van der Waals surface area contributed by atoms with Crippen LogP contribution in [0.15, 0.2) is 47.0 Å². The van der Waals surface area contributed by atoms with Crippen LogP contribution in [-0.4, -0.2) is 0 Å². The van der Waals surface area contributed by atoms with Crippen molar-refractivity contribution in [3.8, 4) is 12.1 Å². The molecule has 2 rings (SSSR count). The van der Waals surface area contributed by atoms with E-state index in [-0.39, 0.29) is 5.57 Å². The molecule has 0 amide bonds. The van der Waals surface area contributed by atoms with Crippen LogP contribution in [0.2, 0.25) is 20.1 Å². The fourth-order valence-corrected chi connectivity index (χ4v) is 3.99. The van der Waals surface area contributed by atoms with Gasteiger partial charge in [-0.05, 0) is 35.9 Å².